The predicted octanol–water partition coefficient (Wildman–Crippen LogP) is 2.96. The van der Waals surface area contributed by atoms with E-state index in [2.05, 4.69) is 0 Å². The molecule has 0 atom stereocenters. The number of carbonyl (C=O) groups excluding carboxylic acids is 1. The summed E-state index contributed by atoms with van der Waals surface area (Å²) in [6, 6.07) is 4.10. The quantitative estimate of drug-likeness (QED) is 0.781. The molecule has 0 aliphatic carbocycles. The van der Waals surface area contributed by atoms with Crippen LogP contribution in [0.15, 0.2) is 18.2 Å². The summed E-state index contributed by atoms with van der Waals surface area (Å²) in [4.78, 5) is 13.4. The Labute approximate surface area is 93.6 Å². The van der Waals surface area contributed by atoms with Crippen molar-refractivity contribution < 1.29 is 9.18 Å². The lowest BCUT2D eigenvalue weighted by Crippen LogP contribution is -2.30. The maximum Gasteiger partial charge on any atom is 0.253 e. The summed E-state index contributed by atoms with van der Waals surface area (Å²) in [6.07, 6.45) is 0. The van der Waals surface area contributed by atoms with Crippen LogP contribution in [0.2, 0.25) is 5.02 Å². The first-order chi connectivity index (χ1) is 7.10. The van der Waals surface area contributed by atoms with Crippen molar-refractivity contribution in [2.45, 2.75) is 13.8 Å². The SMILES string of the molecule is CCN(CC)C(=O)c1ccc(Cl)c(F)c1. The second-order valence-corrected chi connectivity index (χ2v) is 3.51. The van der Waals surface area contributed by atoms with E-state index >= 15 is 0 Å². The van der Waals surface area contributed by atoms with Crippen molar-refractivity contribution in [1.29, 1.82) is 0 Å². The fraction of sp³-hybridized carbons (Fsp3) is 0.364. The number of amides is 1. The van der Waals surface area contributed by atoms with Crippen molar-refractivity contribution in [2.75, 3.05) is 13.1 Å². The van der Waals surface area contributed by atoms with E-state index in [1.165, 1.54) is 18.2 Å². The third-order valence-corrected chi connectivity index (χ3v) is 2.52. The van der Waals surface area contributed by atoms with Crippen LogP contribution in [0.1, 0.15) is 24.2 Å². The molecule has 0 unspecified atom stereocenters. The van der Waals surface area contributed by atoms with E-state index in [4.69, 9.17) is 11.6 Å². The van der Waals surface area contributed by atoms with E-state index in [0.29, 0.717) is 18.7 Å². The molecule has 0 saturated carbocycles. The van der Waals surface area contributed by atoms with Gasteiger partial charge in [-0.05, 0) is 32.0 Å². The molecule has 0 heterocycles. The van der Waals surface area contributed by atoms with Crippen molar-refractivity contribution in [3.8, 4) is 0 Å². The number of halogens is 2. The van der Waals surface area contributed by atoms with E-state index < -0.39 is 5.82 Å². The Morgan fingerprint density at radius 3 is 2.47 bits per heavy atom. The van der Waals surface area contributed by atoms with Crippen molar-refractivity contribution in [2.24, 2.45) is 0 Å². The van der Waals surface area contributed by atoms with Crippen LogP contribution in [0.5, 0.6) is 0 Å². The molecule has 82 valence electrons. The largest absolute Gasteiger partial charge is 0.339 e. The van der Waals surface area contributed by atoms with Crippen molar-refractivity contribution >= 4 is 17.5 Å². The van der Waals surface area contributed by atoms with Gasteiger partial charge in [-0.3, -0.25) is 4.79 Å². The van der Waals surface area contributed by atoms with E-state index in [9.17, 15) is 9.18 Å². The second kappa shape index (κ2) is 5.12. The Hall–Kier alpha value is -1.09. The first kappa shape index (κ1) is 12.0. The molecule has 1 aromatic carbocycles. The van der Waals surface area contributed by atoms with Crippen LogP contribution in [0.25, 0.3) is 0 Å². The van der Waals surface area contributed by atoms with Crippen LogP contribution in [0.3, 0.4) is 0 Å². The summed E-state index contributed by atoms with van der Waals surface area (Å²) in [5.41, 5.74) is 0.334. The van der Waals surface area contributed by atoms with Gasteiger partial charge in [0, 0.05) is 18.7 Å². The highest BCUT2D eigenvalue weighted by Crippen LogP contribution is 2.16. The zero-order chi connectivity index (χ0) is 11.4. The molecule has 0 spiro atoms. The zero-order valence-corrected chi connectivity index (χ0v) is 9.51. The molecular weight excluding hydrogens is 217 g/mol. The second-order valence-electron chi connectivity index (χ2n) is 3.11. The lowest BCUT2D eigenvalue weighted by molar-refractivity contribution is 0.0772. The smallest absolute Gasteiger partial charge is 0.253 e. The fourth-order valence-corrected chi connectivity index (χ4v) is 1.44. The molecule has 0 N–H and O–H groups in total. The maximum absolute atomic E-state index is 13.1. The highest BCUT2D eigenvalue weighted by molar-refractivity contribution is 6.30. The predicted molar refractivity (Wildman–Crippen MR) is 58.7 cm³/mol. The Morgan fingerprint density at radius 1 is 1.40 bits per heavy atom. The number of hydrogen-bond donors (Lipinski definition) is 0. The van der Waals surface area contributed by atoms with Crippen LogP contribution in [-0.4, -0.2) is 23.9 Å². The molecule has 0 aromatic heterocycles. The summed E-state index contributed by atoms with van der Waals surface area (Å²) in [7, 11) is 0. The molecule has 0 radical (unpaired) electrons. The Balaban J connectivity index is 2.96. The lowest BCUT2D eigenvalue weighted by Gasteiger charge is -2.18. The summed E-state index contributed by atoms with van der Waals surface area (Å²) < 4.78 is 13.1. The molecule has 0 bridgehead atoms. The molecule has 15 heavy (non-hydrogen) atoms. The minimum absolute atomic E-state index is 0.0334. The molecule has 0 aliphatic heterocycles. The van der Waals surface area contributed by atoms with Gasteiger partial charge in [0.1, 0.15) is 5.82 Å². The average Bonchev–Trinajstić information content (AvgIpc) is 2.23. The van der Waals surface area contributed by atoms with Crippen LogP contribution >= 0.6 is 11.6 Å². The van der Waals surface area contributed by atoms with Gasteiger partial charge in [-0.2, -0.15) is 0 Å². The van der Waals surface area contributed by atoms with E-state index in [1.54, 1.807) is 4.90 Å². The van der Waals surface area contributed by atoms with Gasteiger partial charge in [0.25, 0.3) is 5.91 Å². The Bertz CT molecular complexity index is 364. The maximum atomic E-state index is 13.1. The van der Waals surface area contributed by atoms with Crippen molar-refractivity contribution in [1.82, 2.24) is 4.90 Å². The standard InChI is InChI=1S/C11H13ClFNO/c1-3-14(4-2)11(15)8-5-6-9(12)10(13)7-8/h5-7H,3-4H2,1-2H3. The highest BCUT2D eigenvalue weighted by Gasteiger charge is 2.13. The summed E-state index contributed by atoms with van der Waals surface area (Å²) >= 11 is 5.53. The Morgan fingerprint density at radius 2 is 2.00 bits per heavy atom. The number of hydrogen-bond acceptors (Lipinski definition) is 1. The molecule has 1 aromatic rings. The van der Waals surface area contributed by atoms with Gasteiger partial charge in [-0.15, -0.1) is 0 Å². The molecular formula is C11H13ClFNO. The van der Waals surface area contributed by atoms with Crippen LogP contribution in [0.4, 0.5) is 4.39 Å². The van der Waals surface area contributed by atoms with Crippen molar-refractivity contribution in [3.63, 3.8) is 0 Å². The molecule has 2 nitrogen and oxygen atoms in total. The normalized spacial score (nSPS) is 10.1. The van der Waals surface area contributed by atoms with Crippen LogP contribution < -0.4 is 0 Å². The summed E-state index contributed by atoms with van der Waals surface area (Å²) in [5, 5.41) is 0.0334. The zero-order valence-electron chi connectivity index (χ0n) is 8.76. The monoisotopic (exact) mass is 229 g/mol. The first-order valence-electron chi connectivity index (χ1n) is 4.84. The van der Waals surface area contributed by atoms with Gasteiger partial charge in [0.2, 0.25) is 0 Å². The number of carbonyl (C=O) groups is 1. The summed E-state index contributed by atoms with van der Waals surface area (Å²) in [5.74, 6) is -0.731. The molecule has 4 heteroatoms. The van der Waals surface area contributed by atoms with Gasteiger partial charge in [-0.1, -0.05) is 11.6 Å². The van der Waals surface area contributed by atoms with Gasteiger partial charge in [0.05, 0.1) is 5.02 Å². The van der Waals surface area contributed by atoms with Gasteiger partial charge >= 0.3 is 0 Å². The van der Waals surface area contributed by atoms with E-state index in [1.807, 2.05) is 13.8 Å². The van der Waals surface area contributed by atoms with Crippen LogP contribution in [0, 0.1) is 5.82 Å². The average molecular weight is 230 g/mol. The molecule has 1 amide bonds. The molecule has 0 aliphatic rings. The Kier molecular flexibility index (Phi) is 4.09. The lowest BCUT2D eigenvalue weighted by atomic mass is 10.2. The number of benzene rings is 1. The van der Waals surface area contributed by atoms with Crippen molar-refractivity contribution in [3.05, 3.63) is 34.6 Å². The third kappa shape index (κ3) is 2.69. The highest BCUT2D eigenvalue weighted by atomic mass is 35.5. The van der Waals surface area contributed by atoms with E-state index in [0.717, 1.165) is 0 Å². The first-order valence-corrected chi connectivity index (χ1v) is 5.22. The number of rotatable bonds is 3. The summed E-state index contributed by atoms with van der Waals surface area (Å²) in [6.45, 7) is 4.99. The topological polar surface area (TPSA) is 20.3 Å². The third-order valence-electron chi connectivity index (χ3n) is 2.22. The van der Waals surface area contributed by atoms with Gasteiger partial charge in [0.15, 0.2) is 0 Å². The molecule has 0 fully saturated rings. The molecule has 0 saturated heterocycles. The number of nitrogens with zero attached hydrogens (tertiary/aromatic N) is 1. The minimum atomic E-state index is -0.560. The molecule has 1 rings (SSSR count). The fourth-order valence-electron chi connectivity index (χ4n) is 1.32. The van der Waals surface area contributed by atoms with Crippen LogP contribution in [-0.2, 0) is 0 Å². The van der Waals surface area contributed by atoms with Gasteiger partial charge < -0.3 is 4.90 Å². The van der Waals surface area contributed by atoms with E-state index in [-0.39, 0.29) is 10.9 Å². The van der Waals surface area contributed by atoms with Gasteiger partial charge in [-0.25, -0.2) is 4.39 Å². The minimum Gasteiger partial charge on any atom is -0.339 e.